The summed E-state index contributed by atoms with van der Waals surface area (Å²) in [6.07, 6.45) is 1.17. The summed E-state index contributed by atoms with van der Waals surface area (Å²) in [6.45, 7) is 1.50. The molecule has 0 atom stereocenters. The van der Waals surface area contributed by atoms with E-state index >= 15 is 0 Å². The van der Waals surface area contributed by atoms with E-state index in [-0.39, 0.29) is 22.0 Å². The summed E-state index contributed by atoms with van der Waals surface area (Å²) in [4.78, 5) is 32.1. The van der Waals surface area contributed by atoms with E-state index in [0.717, 1.165) is 11.8 Å². The van der Waals surface area contributed by atoms with Gasteiger partial charge in [0.1, 0.15) is 10.6 Å². The van der Waals surface area contributed by atoms with Gasteiger partial charge in [0.05, 0.1) is 5.75 Å². The third-order valence-corrected chi connectivity index (χ3v) is 3.02. The number of hydrogen-bond acceptors (Lipinski definition) is 7. The van der Waals surface area contributed by atoms with Gasteiger partial charge in [-0.3, -0.25) is 0 Å². The van der Waals surface area contributed by atoms with Gasteiger partial charge in [-0.15, -0.1) is 0 Å². The van der Waals surface area contributed by atoms with E-state index < -0.39 is 11.7 Å². The van der Waals surface area contributed by atoms with Crippen LogP contribution in [0.25, 0.3) is 0 Å². The summed E-state index contributed by atoms with van der Waals surface area (Å²) < 4.78 is 4.55. The van der Waals surface area contributed by atoms with Gasteiger partial charge < -0.3 is 14.6 Å². The van der Waals surface area contributed by atoms with Crippen molar-refractivity contribution in [3.63, 3.8) is 0 Å². The number of hydrogen-bond donors (Lipinski definition) is 2. The first-order valence-electron chi connectivity index (χ1n) is 4.80. The number of H-pyrrole nitrogens is 1. The molecule has 8 nitrogen and oxygen atoms in total. The molecule has 18 heavy (non-hydrogen) atoms. The van der Waals surface area contributed by atoms with E-state index in [2.05, 4.69) is 24.6 Å². The standard InChI is InChI=1S/C9H8N4O4S/c1-4-6(8(14)15)7(12-9(16)11-4)18-2-5-10-3-17-13-5/h3H,2H2,1H3,(H,14,15)(H,11,12,16). The Morgan fingerprint density at radius 1 is 1.61 bits per heavy atom. The highest BCUT2D eigenvalue weighted by atomic mass is 32.2. The minimum absolute atomic E-state index is 0.0249. The van der Waals surface area contributed by atoms with E-state index in [9.17, 15) is 9.59 Å². The second-order valence-electron chi connectivity index (χ2n) is 3.29. The summed E-state index contributed by atoms with van der Waals surface area (Å²) in [5.74, 6) is -0.477. The van der Waals surface area contributed by atoms with E-state index in [1.807, 2.05) is 0 Å². The Hall–Kier alpha value is -2.16. The van der Waals surface area contributed by atoms with Crippen molar-refractivity contribution in [1.82, 2.24) is 20.1 Å². The second kappa shape index (κ2) is 5.00. The Kier molecular flexibility index (Phi) is 3.42. The molecule has 2 N–H and O–H groups in total. The van der Waals surface area contributed by atoms with Gasteiger partial charge in [0, 0.05) is 5.69 Å². The van der Waals surface area contributed by atoms with Crippen LogP contribution in [0.3, 0.4) is 0 Å². The molecule has 0 fully saturated rings. The molecule has 2 aromatic rings. The quantitative estimate of drug-likeness (QED) is 0.605. The van der Waals surface area contributed by atoms with Gasteiger partial charge in [0.15, 0.2) is 5.82 Å². The van der Waals surface area contributed by atoms with E-state index in [1.165, 1.54) is 13.3 Å². The first-order chi connectivity index (χ1) is 8.58. The molecular formula is C9H8N4O4S. The highest BCUT2D eigenvalue weighted by Crippen LogP contribution is 2.23. The average molecular weight is 268 g/mol. The molecular weight excluding hydrogens is 260 g/mol. The smallest absolute Gasteiger partial charge is 0.346 e. The maximum absolute atomic E-state index is 11.2. The van der Waals surface area contributed by atoms with Crippen LogP contribution in [-0.4, -0.2) is 31.2 Å². The number of carbonyl (C=O) groups is 1. The highest BCUT2D eigenvalue weighted by Gasteiger charge is 2.17. The zero-order valence-electron chi connectivity index (χ0n) is 9.21. The number of carboxylic acids is 1. The van der Waals surface area contributed by atoms with Crippen molar-refractivity contribution in [1.29, 1.82) is 0 Å². The SMILES string of the molecule is Cc1[nH]c(=O)nc(SCc2ncon2)c1C(=O)O. The molecule has 2 rings (SSSR count). The van der Waals surface area contributed by atoms with Crippen LogP contribution in [0.1, 0.15) is 21.9 Å². The van der Waals surface area contributed by atoms with Crippen LogP contribution in [0.4, 0.5) is 0 Å². The predicted octanol–water partition coefficient (Wildman–Crippen LogP) is 0.452. The molecule has 0 aliphatic heterocycles. The molecule has 2 heterocycles. The lowest BCUT2D eigenvalue weighted by atomic mass is 10.2. The van der Waals surface area contributed by atoms with Crippen LogP contribution in [0.5, 0.6) is 0 Å². The van der Waals surface area contributed by atoms with Crippen molar-refractivity contribution < 1.29 is 14.4 Å². The summed E-state index contributed by atoms with van der Waals surface area (Å²) in [5.41, 5.74) is -0.352. The molecule has 9 heteroatoms. The number of nitrogens with zero attached hydrogens (tertiary/aromatic N) is 3. The summed E-state index contributed by atoms with van der Waals surface area (Å²) in [7, 11) is 0. The minimum atomic E-state index is -1.15. The Bertz CT molecular complexity index is 622. The van der Waals surface area contributed by atoms with Crippen LogP contribution in [-0.2, 0) is 5.75 Å². The van der Waals surface area contributed by atoms with Crippen molar-refractivity contribution in [2.45, 2.75) is 17.7 Å². The lowest BCUT2D eigenvalue weighted by molar-refractivity contribution is 0.0690. The third kappa shape index (κ3) is 2.56. The number of aromatic nitrogens is 4. The van der Waals surface area contributed by atoms with Crippen molar-refractivity contribution in [2.75, 3.05) is 0 Å². The number of nitrogens with one attached hydrogen (secondary N) is 1. The predicted molar refractivity (Wildman–Crippen MR) is 60.4 cm³/mol. The van der Waals surface area contributed by atoms with Crippen molar-refractivity contribution in [2.24, 2.45) is 0 Å². The summed E-state index contributed by atoms with van der Waals surface area (Å²) in [6, 6.07) is 0. The highest BCUT2D eigenvalue weighted by molar-refractivity contribution is 7.98. The number of thioether (sulfide) groups is 1. The van der Waals surface area contributed by atoms with Gasteiger partial charge >= 0.3 is 11.7 Å². The maximum Gasteiger partial charge on any atom is 0.346 e. The lowest BCUT2D eigenvalue weighted by Gasteiger charge is -2.05. The fraction of sp³-hybridized carbons (Fsp3) is 0.222. The Morgan fingerprint density at radius 3 is 3.00 bits per heavy atom. The Morgan fingerprint density at radius 2 is 2.39 bits per heavy atom. The second-order valence-corrected chi connectivity index (χ2v) is 4.25. The molecule has 0 spiro atoms. The van der Waals surface area contributed by atoms with Crippen LogP contribution in [0.2, 0.25) is 0 Å². The van der Waals surface area contributed by atoms with Gasteiger partial charge in [-0.25, -0.2) is 9.59 Å². The molecule has 0 saturated carbocycles. The molecule has 94 valence electrons. The summed E-state index contributed by atoms with van der Waals surface area (Å²) in [5, 5.41) is 12.8. The normalized spacial score (nSPS) is 10.5. The van der Waals surface area contributed by atoms with E-state index in [0.29, 0.717) is 5.82 Å². The molecule has 2 aromatic heterocycles. The van der Waals surface area contributed by atoms with Crippen LogP contribution >= 0.6 is 11.8 Å². The number of aromatic carboxylic acids is 1. The van der Waals surface area contributed by atoms with Gasteiger partial charge in [0.2, 0.25) is 6.39 Å². The van der Waals surface area contributed by atoms with Crippen LogP contribution in [0.15, 0.2) is 20.7 Å². The lowest BCUT2D eigenvalue weighted by Crippen LogP contribution is -2.18. The van der Waals surface area contributed by atoms with Crippen molar-refractivity contribution >= 4 is 17.7 Å². The number of carboxylic acid groups (broad SMARTS) is 1. The minimum Gasteiger partial charge on any atom is -0.478 e. The molecule has 0 aliphatic rings. The molecule has 0 amide bonds. The van der Waals surface area contributed by atoms with Gasteiger partial charge in [-0.2, -0.15) is 9.97 Å². The van der Waals surface area contributed by atoms with Gasteiger partial charge in [-0.1, -0.05) is 16.9 Å². The Labute approximate surface area is 104 Å². The topological polar surface area (TPSA) is 122 Å². The molecule has 0 unspecified atom stereocenters. The van der Waals surface area contributed by atoms with Crippen molar-refractivity contribution in [3.8, 4) is 0 Å². The molecule has 0 aliphatic carbocycles. The number of rotatable bonds is 4. The molecule has 0 radical (unpaired) electrons. The monoisotopic (exact) mass is 268 g/mol. The summed E-state index contributed by atoms with van der Waals surface area (Å²) >= 11 is 1.06. The van der Waals surface area contributed by atoms with Crippen molar-refractivity contribution in [3.05, 3.63) is 34.0 Å². The molecule has 0 aromatic carbocycles. The Balaban J connectivity index is 2.31. The van der Waals surface area contributed by atoms with E-state index in [1.54, 1.807) is 0 Å². The van der Waals surface area contributed by atoms with Gasteiger partial charge in [0.25, 0.3) is 0 Å². The fourth-order valence-corrected chi connectivity index (χ4v) is 2.23. The maximum atomic E-state index is 11.2. The zero-order valence-corrected chi connectivity index (χ0v) is 10.0. The largest absolute Gasteiger partial charge is 0.478 e. The number of aromatic amines is 1. The molecule has 0 saturated heterocycles. The first kappa shape index (κ1) is 12.3. The van der Waals surface area contributed by atoms with E-state index in [4.69, 9.17) is 5.11 Å². The fourth-order valence-electron chi connectivity index (χ4n) is 1.30. The first-order valence-corrected chi connectivity index (χ1v) is 5.78. The number of aryl methyl sites for hydroxylation is 1. The van der Waals surface area contributed by atoms with Crippen LogP contribution < -0.4 is 5.69 Å². The average Bonchev–Trinajstić information content (AvgIpc) is 2.77. The van der Waals surface area contributed by atoms with Gasteiger partial charge in [-0.05, 0) is 6.92 Å². The zero-order chi connectivity index (χ0) is 13.1. The molecule has 0 bridgehead atoms. The third-order valence-electron chi connectivity index (χ3n) is 2.05. The van der Waals surface area contributed by atoms with Crippen LogP contribution in [0, 0.1) is 6.92 Å².